The first kappa shape index (κ1) is 13.5. The second kappa shape index (κ2) is 4.69. The lowest BCUT2D eigenvalue weighted by atomic mass is 9.48. The second-order valence-electron chi connectivity index (χ2n) is 8.32. The molecule has 0 aliphatic heterocycles. The zero-order chi connectivity index (χ0) is 14.6. The van der Waals surface area contributed by atoms with E-state index in [0.717, 1.165) is 29.7 Å². The van der Waals surface area contributed by atoms with Gasteiger partial charge in [-0.1, -0.05) is 12.1 Å². The predicted molar refractivity (Wildman–Crippen MR) is 85.5 cm³/mol. The first-order valence-corrected chi connectivity index (χ1v) is 8.63. The van der Waals surface area contributed by atoms with Crippen LogP contribution < -0.4 is 0 Å². The predicted octanol–water partition coefficient (Wildman–Crippen LogP) is 5.09. The largest absolute Gasteiger partial charge is 0.294 e. The number of aryl methyl sites for hydroxylation is 2. The van der Waals surface area contributed by atoms with Crippen molar-refractivity contribution in [2.24, 2.45) is 23.2 Å². The van der Waals surface area contributed by atoms with Gasteiger partial charge in [-0.25, -0.2) is 0 Å². The van der Waals surface area contributed by atoms with Crippen LogP contribution in [0.2, 0.25) is 0 Å². The molecule has 1 nitrogen and oxygen atoms in total. The second-order valence-corrected chi connectivity index (χ2v) is 8.32. The Morgan fingerprint density at radius 3 is 2.10 bits per heavy atom. The van der Waals surface area contributed by atoms with E-state index in [1.54, 1.807) is 0 Å². The van der Waals surface area contributed by atoms with E-state index in [2.05, 4.69) is 26.0 Å². The zero-order valence-corrected chi connectivity index (χ0v) is 13.3. The molecular formula is C20H26O. The van der Waals surface area contributed by atoms with Gasteiger partial charge in [0, 0.05) is 12.0 Å². The number of ketones is 1. The van der Waals surface area contributed by atoms with Crippen molar-refractivity contribution in [2.45, 2.75) is 58.8 Å². The van der Waals surface area contributed by atoms with E-state index in [4.69, 9.17) is 0 Å². The lowest BCUT2D eigenvalue weighted by Gasteiger charge is -2.56. The van der Waals surface area contributed by atoms with E-state index in [1.807, 2.05) is 6.07 Å². The molecule has 0 radical (unpaired) electrons. The van der Waals surface area contributed by atoms with E-state index in [1.165, 1.54) is 49.7 Å². The monoisotopic (exact) mass is 282 g/mol. The number of benzene rings is 1. The molecule has 1 aromatic carbocycles. The fraction of sp³-hybridized carbons (Fsp3) is 0.650. The van der Waals surface area contributed by atoms with Crippen molar-refractivity contribution in [1.82, 2.24) is 0 Å². The lowest BCUT2D eigenvalue weighted by Crippen LogP contribution is -2.46. The Morgan fingerprint density at radius 2 is 1.57 bits per heavy atom. The van der Waals surface area contributed by atoms with Gasteiger partial charge in [-0.2, -0.15) is 0 Å². The molecule has 4 bridgehead atoms. The highest BCUT2D eigenvalue weighted by molar-refractivity contribution is 5.96. The average Bonchev–Trinajstić information content (AvgIpc) is 2.39. The van der Waals surface area contributed by atoms with Gasteiger partial charge in [-0.3, -0.25) is 4.79 Å². The summed E-state index contributed by atoms with van der Waals surface area (Å²) in [6, 6.07) is 6.23. The highest BCUT2D eigenvalue weighted by Crippen LogP contribution is 2.61. The molecule has 5 rings (SSSR count). The van der Waals surface area contributed by atoms with Crippen LogP contribution in [0.5, 0.6) is 0 Å². The summed E-state index contributed by atoms with van der Waals surface area (Å²) in [5.74, 6) is 3.19. The van der Waals surface area contributed by atoms with Crippen LogP contribution in [0.25, 0.3) is 0 Å². The van der Waals surface area contributed by atoms with Crippen molar-refractivity contribution in [3.05, 3.63) is 34.9 Å². The van der Waals surface area contributed by atoms with E-state index >= 15 is 0 Å². The minimum absolute atomic E-state index is 0.366. The van der Waals surface area contributed by atoms with Crippen molar-refractivity contribution in [3.63, 3.8) is 0 Å². The van der Waals surface area contributed by atoms with Crippen LogP contribution in [0, 0.1) is 37.0 Å². The summed E-state index contributed by atoms with van der Waals surface area (Å²) in [5, 5.41) is 0. The highest BCUT2D eigenvalue weighted by atomic mass is 16.1. The quantitative estimate of drug-likeness (QED) is 0.705. The third kappa shape index (κ3) is 2.35. The maximum Gasteiger partial charge on any atom is 0.163 e. The molecule has 4 aliphatic carbocycles. The Balaban J connectivity index is 1.55. The molecule has 4 aliphatic rings. The van der Waals surface area contributed by atoms with Crippen LogP contribution >= 0.6 is 0 Å². The molecular weight excluding hydrogens is 256 g/mol. The molecule has 0 amide bonds. The van der Waals surface area contributed by atoms with Crippen LogP contribution in [0.3, 0.4) is 0 Å². The summed E-state index contributed by atoms with van der Waals surface area (Å²) < 4.78 is 0. The number of Topliss-reactive ketones (excluding diaryl/α,β-unsaturated/α-hetero) is 1. The third-order valence-electron chi connectivity index (χ3n) is 6.53. The molecule has 0 spiro atoms. The number of hydrogen-bond acceptors (Lipinski definition) is 1. The number of rotatable bonds is 3. The molecule has 112 valence electrons. The van der Waals surface area contributed by atoms with Crippen LogP contribution in [-0.2, 0) is 0 Å². The standard InChI is InChI=1S/C20H26O/c1-13-3-4-18(5-14(13)2)19(21)12-20-9-15-6-16(10-20)8-17(7-15)11-20/h3-5,15-17H,6-12H2,1-2H3. The minimum atomic E-state index is 0.366. The van der Waals surface area contributed by atoms with Crippen LogP contribution in [0.15, 0.2) is 18.2 Å². The molecule has 0 heterocycles. The third-order valence-corrected chi connectivity index (χ3v) is 6.53. The van der Waals surface area contributed by atoms with Crippen LogP contribution in [0.4, 0.5) is 0 Å². The van der Waals surface area contributed by atoms with Gasteiger partial charge in [0.05, 0.1) is 0 Å². The van der Waals surface area contributed by atoms with E-state index < -0.39 is 0 Å². The molecule has 0 saturated heterocycles. The fourth-order valence-electron chi connectivity index (χ4n) is 5.86. The topological polar surface area (TPSA) is 17.1 Å². The van der Waals surface area contributed by atoms with Gasteiger partial charge in [0.15, 0.2) is 5.78 Å². The molecule has 0 atom stereocenters. The fourth-order valence-corrected chi connectivity index (χ4v) is 5.86. The van der Waals surface area contributed by atoms with Gasteiger partial charge in [0.1, 0.15) is 0 Å². The van der Waals surface area contributed by atoms with Gasteiger partial charge < -0.3 is 0 Å². The van der Waals surface area contributed by atoms with Crippen molar-refractivity contribution in [3.8, 4) is 0 Å². The van der Waals surface area contributed by atoms with Crippen LogP contribution in [0.1, 0.15) is 66.4 Å². The highest BCUT2D eigenvalue weighted by Gasteiger charge is 2.51. The first-order valence-electron chi connectivity index (χ1n) is 8.63. The minimum Gasteiger partial charge on any atom is -0.294 e. The summed E-state index contributed by atoms with van der Waals surface area (Å²) in [5.41, 5.74) is 3.83. The Bertz CT molecular complexity index is 548. The maximum atomic E-state index is 12.8. The van der Waals surface area contributed by atoms with Gasteiger partial charge in [-0.15, -0.1) is 0 Å². The summed E-state index contributed by atoms with van der Waals surface area (Å²) >= 11 is 0. The molecule has 0 aromatic heterocycles. The summed E-state index contributed by atoms with van der Waals surface area (Å²) in [4.78, 5) is 12.8. The Kier molecular flexibility index (Phi) is 3.03. The van der Waals surface area contributed by atoms with Crippen molar-refractivity contribution < 1.29 is 4.79 Å². The molecule has 4 saturated carbocycles. The Morgan fingerprint density at radius 1 is 1.00 bits per heavy atom. The molecule has 1 aromatic rings. The van der Waals surface area contributed by atoms with E-state index in [-0.39, 0.29) is 0 Å². The van der Waals surface area contributed by atoms with E-state index in [9.17, 15) is 4.79 Å². The molecule has 21 heavy (non-hydrogen) atoms. The molecule has 1 heteroatoms. The molecule has 0 N–H and O–H groups in total. The Hall–Kier alpha value is -1.11. The average molecular weight is 282 g/mol. The normalized spacial score (nSPS) is 37.0. The summed E-state index contributed by atoms with van der Waals surface area (Å²) in [7, 11) is 0. The maximum absolute atomic E-state index is 12.8. The molecule has 4 fully saturated rings. The SMILES string of the molecule is Cc1ccc(C(=O)CC23CC4CC(CC(C4)C2)C3)cc1C. The van der Waals surface area contributed by atoms with Gasteiger partial charge in [0.25, 0.3) is 0 Å². The van der Waals surface area contributed by atoms with Gasteiger partial charge in [-0.05, 0) is 92.7 Å². The van der Waals surface area contributed by atoms with Crippen LogP contribution in [-0.4, -0.2) is 5.78 Å². The number of carbonyl (C=O) groups excluding carboxylic acids is 1. The van der Waals surface area contributed by atoms with Gasteiger partial charge >= 0.3 is 0 Å². The number of hydrogen-bond donors (Lipinski definition) is 0. The van der Waals surface area contributed by atoms with Crippen molar-refractivity contribution in [1.29, 1.82) is 0 Å². The number of carbonyl (C=O) groups is 1. The summed E-state index contributed by atoms with van der Waals surface area (Å²) in [6.45, 7) is 4.22. The smallest absolute Gasteiger partial charge is 0.163 e. The zero-order valence-electron chi connectivity index (χ0n) is 13.3. The van der Waals surface area contributed by atoms with E-state index in [0.29, 0.717) is 11.2 Å². The first-order chi connectivity index (χ1) is 10.0. The Labute approximate surface area is 128 Å². The molecule has 0 unspecified atom stereocenters. The van der Waals surface area contributed by atoms with Crippen molar-refractivity contribution >= 4 is 5.78 Å². The lowest BCUT2D eigenvalue weighted by molar-refractivity contribution is -0.0524. The van der Waals surface area contributed by atoms with Gasteiger partial charge in [0.2, 0.25) is 0 Å². The summed E-state index contributed by atoms with van der Waals surface area (Å²) in [6.07, 6.45) is 9.16. The van der Waals surface area contributed by atoms with Crippen molar-refractivity contribution in [2.75, 3.05) is 0 Å².